The van der Waals surface area contributed by atoms with Gasteiger partial charge in [0.15, 0.2) is 11.7 Å². The molecule has 1 aliphatic rings. The summed E-state index contributed by atoms with van der Waals surface area (Å²) in [5.41, 5.74) is -1.38. The van der Waals surface area contributed by atoms with Gasteiger partial charge in [-0.25, -0.2) is 9.78 Å². The monoisotopic (exact) mass is 563 g/mol. The zero-order valence-corrected chi connectivity index (χ0v) is 20.7. The normalized spacial score (nSPS) is 16.1. The largest absolute Gasteiger partial charge is 0.444 e. The molecule has 1 saturated heterocycles. The number of carbonyl (C=O) groups is 1. The number of alkyl halides is 3. The van der Waals surface area contributed by atoms with Crippen molar-refractivity contribution in [2.45, 2.75) is 51.9 Å². The lowest BCUT2D eigenvalue weighted by atomic mass is 9.97. The van der Waals surface area contributed by atoms with Gasteiger partial charge in [-0.15, -0.1) is 35.3 Å². The first kappa shape index (κ1) is 26.7. The van der Waals surface area contributed by atoms with Gasteiger partial charge in [-0.05, 0) is 39.5 Å². The van der Waals surface area contributed by atoms with Crippen molar-refractivity contribution in [1.29, 1.82) is 0 Å². The van der Waals surface area contributed by atoms with Gasteiger partial charge < -0.3 is 20.3 Å². The molecule has 1 aliphatic heterocycles. The van der Waals surface area contributed by atoms with Gasteiger partial charge in [0.2, 0.25) is 0 Å². The molecule has 0 bridgehead atoms. The molecular weight excluding hydrogens is 534 g/mol. The van der Waals surface area contributed by atoms with E-state index in [4.69, 9.17) is 4.74 Å². The fraction of sp³-hybridized carbons (Fsp3) is 0.722. The van der Waals surface area contributed by atoms with E-state index in [1.165, 1.54) is 0 Å². The Labute approximate surface area is 195 Å². The van der Waals surface area contributed by atoms with E-state index in [1.54, 1.807) is 11.9 Å². The van der Waals surface area contributed by atoms with E-state index in [2.05, 4.69) is 20.6 Å². The smallest absolute Gasteiger partial charge is 0.434 e. The molecule has 1 fully saturated rings. The second kappa shape index (κ2) is 11.3. The van der Waals surface area contributed by atoms with E-state index in [0.717, 1.165) is 29.6 Å². The Morgan fingerprint density at radius 2 is 1.93 bits per heavy atom. The molecule has 30 heavy (non-hydrogen) atoms. The summed E-state index contributed by atoms with van der Waals surface area (Å²) in [6.07, 6.45) is -3.04. The first-order valence-corrected chi connectivity index (χ1v) is 10.3. The lowest BCUT2D eigenvalue weighted by Crippen LogP contribution is -2.45. The molecule has 12 heteroatoms. The Bertz CT molecular complexity index is 713. The van der Waals surface area contributed by atoms with Crippen LogP contribution in [-0.2, 0) is 17.5 Å². The molecule has 0 aliphatic carbocycles. The third kappa shape index (κ3) is 8.82. The Morgan fingerprint density at radius 1 is 1.30 bits per heavy atom. The Morgan fingerprint density at radius 3 is 2.43 bits per heavy atom. The number of carbonyl (C=O) groups excluding carboxylic acids is 1. The average molecular weight is 563 g/mol. The molecule has 0 atom stereocenters. The quantitative estimate of drug-likeness (QED) is 0.328. The molecule has 2 N–H and O–H groups in total. The summed E-state index contributed by atoms with van der Waals surface area (Å²) in [5, 5.41) is 7.51. The molecule has 0 spiro atoms. The first-order valence-electron chi connectivity index (χ1n) is 9.42. The van der Waals surface area contributed by atoms with Crippen LogP contribution in [0.5, 0.6) is 0 Å². The second-order valence-electron chi connectivity index (χ2n) is 7.84. The summed E-state index contributed by atoms with van der Waals surface area (Å²) < 4.78 is 43.2. The van der Waals surface area contributed by atoms with E-state index in [9.17, 15) is 18.0 Å². The Hall–Kier alpha value is -1.31. The minimum Gasteiger partial charge on any atom is -0.444 e. The van der Waals surface area contributed by atoms with Crippen molar-refractivity contribution in [2.24, 2.45) is 10.9 Å². The van der Waals surface area contributed by atoms with Crippen molar-refractivity contribution in [3.05, 3.63) is 16.1 Å². The minimum atomic E-state index is -4.43. The van der Waals surface area contributed by atoms with E-state index in [1.807, 2.05) is 20.8 Å². The highest BCUT2D eigenvalue weighted by Gasteiger charge is 2.33. The van der Waals surface area contributed by atoms with Gasteiger partial charge in [0.05, 0.1) is 6.54 Å². The van der Waals surface area contributed by atoms with Gasteiger partial charge in [0, 0.05) is 32.1 Å². The first-order chi connectivity index (χ1) is 13.5. The average Bonchev–Trinajstić information content (AvgIpc) is 3.10. The number of hydrogen-bond acceptors (Lipinski definition) is 5. The number of aromatic nitrogens is 1. The van der Waals surface area contributed by atoms with Crippen LogP contribution in [-0.4, -0.2) is 54.2 Å². The second-order valence-corrected chi connectivity index (χ2v) is 8.78. The predicted octanol–water partition coefficient (Wildman–Crippen LogP) is 4.09. The van der Waals surface area contributed by atoms with Crippen LogP contribution in [0, 0.1) is 5.92 Å². The van der Waals surface area contributed by atoms with E-state index in [0.29, 0.717) is 36.5 Å². The van der Waals surface area contributed by atoms with Crippen molar-refractivity contribution in [3.63, 3.8) is 0 Å². The molecule has 2 rings (SSSR count). The number of piperidine rings is 1. The van der Waals surface area contributed by atoms with Gasteiger partial charge in [0.25, 0.3) is 0 Å². The Kier molecular flexibility index (Phi) is 10.1. The predicted molar refractivity (Wildman–Crippen MR) is 121 cm³/mol. The topological polar surface area (TPSA) is 78.9 Å². The number of nitrogens with zero attached hydrogens (tertiary/aromatic N) is 3. The van der Waals surface area contributed by atoms with Crippen LogP contribution in [0.15, 0.2) is 10.4 Å². The number of hydrogen-bond donors (Lipinski definition) is 2. The lowest BCUT2D eigenvalue weighted by molar-refractivity contribution is -0.140. The minimum absolute atomic E-state index is 0. The highest BCUT2D eigenvalue weighted by atomic mass is 127. The van der Waals surface area contributed by atoms with E-state index >= 15 is 0 Å². The number of aliphatic imine (C=N–C) groups is 1. The molecule has 1 aromatic heterocycles. The molecule has 0 aromatic carbocycles. The summed E-state index contributed by atoms with van der Waals surface area (Å²) in [6.45, 7) is 7.62. The number of ether oxygens (including phenoxy) is 1. The summed E-state index contributed by atoms with van der Waals surface area (Å²) in [5.74, 6) is 0.868. The molecule has 172 valence electrons. The summed E-state index contributed by atoms with van der Waals surface area (Å²) in [4.78, 5) is 21.5. The lowest BCUT2D eigenvalue weighted by Gasteiger charge is -2.33. The zero-order valence-electron chi connectivity index (χ0n) is 17.5. The summed E-state index contributed by atoms with van der Waals surface area (Å²) in [7, 11) is 1.60. The van der Waals surface area contributed by atoms with Gasteiger partial charge in [-0.3, -0.25) is 4.99 Å². The van der Waals surface area contributed by atoms with Crippen LogP contribution in [0.1, 0.15) is 44.3 Å². The van der Waals surface area contributed by atoms with Crippen LogP contribution >= 0.6 is 35.3 Å². The van der Waals surface area contributed by atoms with Gasteiger partial charge in [-0.2, -0.15) is 13.2 Å². The van der Waals surface area contributed by atoms with Crippen LogP contribution in [0.4, 0.5) is 18.0 Å². The maximum Gasteiger partial charge on any atom is 0.434 e. The van der Waals surface area contributed by atoms with Gasteiger partial charge in [0.1, 0.15) is 10.6 Å². The molecule has 0 radical (unpaired) electrons. The van der Waals surface area contributed by atoms with Crippen molar-refractivity contribution in [2.75, 3.05) is 26.7 Å². The summed E-state index contributed by atoms with van der Waals surface area (Å²) in [6, 6.07) is 0. The number of likely N-dealkylation sites (tertiary alicyclic amines) is 1. The van der Waals surface area contributed by atoms with Crippen molar-refractivity contribution in [3.8, 4) is 0 Å². The molecular formula is C18H29F3IN5O2S. The van der Waals surface area contributed by atoms with Gasteiger partial charge >= 0.3 is 12.3 Å². The fourth-order valence-electron chi connectivity index (χ4n) is 2.79. The fourth-order valence-corrected chi connectivity index (χ4v) is 3.53. The van der Waals surface area contributed by atoms with Crippen LogP contribution in [0.2, 0.25) is 0 Å². The highest BCUT2D eigenvalue weighted by molar-refractivity contribution is 14.0. The molecule has 2 heterocycles. The van der Waals surface area contributed by atoms with E-state index < -0.39 is 17.5 Å². The van der Waals surface area contributed by atoms with E-state index in [-0.39, 0.29) is 36.6 Å². The Balaban J connectivity index is 0.00000450. The van der Waals surface area contributed by atoms with Crippen molar-refractivity contribution < 1.29 is 22.7 Å². The number of halogens is 4. The van der Waals surface area contributed by atoms with Crippen LogP contribution in [0.25, 0.3) is 0 Å². The third-order valence-corrected chi connectivity index (χ3v) is 5.15. The SMILES string of the molecule is CN=C(NCc1nc(C(F)(F)F)cs1)NCC1CCN(C(=O)OC(C)(C)C)CC1.I. The summed E-state index contributed by atoms with van der Waals surface area (Å²) >= 11 is 0.956. The molecule has 7 nitrogen and oxygen atoms in total. The number of amides is 1. The van der Waals surface area contributed by atoms with Crippen LogP contribution < -0.4 is 10.6 Å². The molecule has 1 aromatic rings. The third-order valence-electron chi connectivity index (χ3n) is 4.30. The van der Waals surface area contributed by atoms with Crippen LogP contribution in [0.3, 0.4) is 0 Å². The standard InChI is InChI=1S/C18H28F3N5O2S.HI/c1-17(2,3)28-16(27)26-7-5-12(6-8-26)9-23-15(22-4)24-10-14-25-13(11-29-14)18(19,20)21;/h11-12H,5-10H2,1-4H3,(H2,22,23,24);1H. The number of thiazole rings is 1. The molecule has 0 saturated carbocycles. The number of rotatable bonds is 4. The molecule has 0 unspecified atom stereocenters. The van der Waals surface area contributed by atoms with Gasteiger partial charge in [-0.1, -0.05) is 0 Å². The molecule has 1 amide bonds. The zero-order chi connectivity index (χ0) is 21.7. The number of guanidine groups is 1. The maximum atomic E-state index is 12.6. The maximum absolute atomic E-state index is 12.6. The number of nitrogens with one attached hydrogen (secondary N) is 2. The highest BCUT2D eigenvalue weighted by Crippen LogP contribution is 2.29. The van der Waals surface area contributed by atoms with Crippen molar-refractivity contribution in [1.82, 2.24) is 20.5 Å². The van der Waals surface area contributed by atoms with Crippen molar-refractivity contribution >= 4 is 47.4 Å².